The zero-order valence-electron chi connectivity index (χ0n) is 14.8. The van der Waals surface area contributed by atoms with E-state index in [9.17, 15) is 4.79 Å². The third-order valence-electron chi connectivity index (χ3n) is 3.73. The lowest BCUT2D eigenvalue weighted by atomic mass is 10.1. The largest absolute Gasteiger partial charge is 0.493 e. The lowest BCUT2D eigenvalue weighted by molar-refractivity contribution is -0.115. The number of hydrogen-bond donors (Lipinski definition) is 1. The lowest BCUT2D eigenvalue weighted by Gasteiger charge is -2.10. The molecule has 7 heteroatoms. The smallest absolute Gasteiger partial charge is 0.257 e. The number of rotatable bonds is 6. The van der Waals surface area contributed by atoms with Crippen molar-refractivity contribution in [3.8, 4) is 23.0 Å². The third-order valence-corrected chi connectivity index (χ3v) is 3.73. The van der Waals surface area contributed by atoms with Gasteiger partial charge in [0.05, 0.1) is 20.6 Å². The minimum absolute atomic E-state index is 0.143. The molecule has 0 bridgehead atoms. The number of carbonyl (C=O) groups is 1. The van der Waals surface area contributed by atoms with Crippen LogP contribution in [0.5, 0.6) is 11.5 Å². The van der Waals surface area contributed by atoms with Gasteiger partial charge in [-0.05, 0) is 42.8 Å². The van der Waals surface area contributed by atoms with Crippen molar-refractivity contribution in [1.29, 1.82) is 0 Å². The summed E-state index contributed by atoms with van der Waals surface area (Å²) in [6.07, 6.45) is 0.213. The predicted octanol–water partition coefficient (Wildman–Crippen LogP) is 3.24. The minimum atomic E-state index is -0.143. The molecule has 3 rings (SSSR count). The molecular weight excluding hydrogens is 334 g/mol. The molecule has 0 aliphatic rings. The van der Waals surface area contributed by atoms with Gasteiger partial charge in [0.25, 0.3) is 5.89 Å². The maximum atomic E-state index is 12.4. The average molecular weight is 353 g/mol. The average Bonchev–Trinajstić information content (AvgIpc) is 3.08. The molecule has 2 aromatic carbocycles. The van der Waals surface area contributed by atoms with Crippen LogP contribution < -0.4 is 14.8 Å². The Morgan fingerprint density at radius 3 is 2.62 bits per heavy atom. The highest BCUT2D eigenvalue weighted by molar-refractivity contribution is 5.92. The second kappa shape index (κ2) is 7.69. The van der Waals surface area contributed by atoms with Crippen molar-refractivity contribution in [2.24, 2.45) is 0 Å². The zero-order valence-corrected chi connectivity index (χ0v) is 14.8. The van der Waals surface area contributed by atoms with Crippen LogP contribution in [0.3, 0.4) is 0 Å². The Bertz CT molecular complexity index is 921. The van der Waals surface area contributed by atoms with Crippen LogP contribution >= 0.6 is 0 Å². The van der Waals surface area contributed by atoms with E-state index in [4.69, 9.17) is 14.0 Å². The molecule has 1 N–H and O–H groups in total. The summed E-state index contributed by atoms with van der Waals surface area (Å²) in [5.74, 6) is 2.04. The Kier molecular flexibility index (Phi) is 5.17. The van der Waals surface area contributed by atoms with E-state index in [0.717, 1.165) is 11.1 Å². The number of methoxy groups -OCH3 is 2. The van der Waals surface area contributed by atoms with Gasteiger partial charge in [-0.1, -0.05) is 17.3 Å². The second-order valence-electron chi connectivity index (χ2n) is 5.64. The molecule has 0 fully saturated rings. The molecule has 0 aliphatic heterocycles. The summed E-state index contributed by atoms with van der Waals surface area (Å²) in [5.41, 5.74) is 2.22. The van der Waals surface area contributed by atoms with Gasteiger partial charge in [0.1, 0.15) is 0 Å². The van der Waals surface area contributed by atoms with Crippen LogP contribution in [0.4, 0.5) is 5.69 Å². The monoisotopic (exact) mass is 353 g/mol. The topological polar surface area (TPSA) is 86.5 Å². The maximum Gasteiger partial charge on any atom is 0.257 e. The van der Waals surface area contributed by atoms with Gasteiger partial charge in [0, 0.05) is 11.3 Å². The summed E-state index contributed by atoms with van der Waals surface area (Å²) in [6.45, 7) is 1.75. The molecule has 0 spiro atoms. The molecule has 134 valence electrons. The Morgan fingerprint density at radius 1 is 1.12 bits per heavy atom. The SMILES string of the molecule is COc1ccc(CC(=O)Nc2cccc(-c3nc(C)no3)c2)cc1OC. The van der Waals surface area contributed by atoms with Crippen molar-refractivity contribution in [3.05, 3.63) is 53.9 Å². The summed E-state index contributed by atoms with van der Waals surface area (Å²) in [6, 6.07) is 12.7. The first-order chi connectivity index (χ1) is 12.6. The molecular formula is C19H19N3O4. The summed E-state index contributed by atoms with van der Waals surface area (Å²) >= 11 is 0. The van der Waals surface area contributed by atoms with Gasteiger partial charge >= 0.3 is 0 Å². The Hall–Kier alpha value is -3.35. The predicted molar refractivity (Wildman–Crippen MR) is 96.4 cm³/mol. The summed E-state index contributed by atoms with van der Waals surface area (Å²) in [7, 11) is 3.13. The number of nitrogens with one attached hydrogen (secondary N) is 1. The first-order valence-corrected chi connectivity index (χ1v) is 8.00. The lowest BCUT2D eigenvalue weighted by Crippen LogP contribution is -2.14. The summed E-state index contributed by atoms with van der Waals surface area (Å²) in [5, 5.41) is 6.65. The Labute approximate surface area is 150 Å². The van der Waals surface area contributed by atoms with Crippen molar-refractivity contribution in [3.63, 3.8) is 0 Å². The fourth-order valence-corrected chi connectivity index (χ4v) is 2.53. The molecule has 0 atom stereocenters. The highest BCUT2D eigenvalue weighted by Gasteiger charge is 2.11. The quantitative estimate of drug-likeness (QED) is 0.732. The first-order valence-electron chi connectivity index (χ1n) is 8.00. The van der Waals surface area contributed by atoms with E-state index in [1.165, 1.54) is 0 Å². The first kappa shape index (κ1) is 17.5. The molecule has 0 radical (unpaired) electrons. The van der Waals surface area contributed by atoms with Gasteiger partial charge in [-0.2, -0.15) is 4.98 Å². The Morgan fingerprint density at radius 2 is 1.92 bits per heavy atom. The van der Waals surface area contributed by atoms with Crippen LogP contribution in [0.15, 0.2) is 47.0 Å². The van der Waals surface area contributed by atoms with Crippen LogP contribution in [0.2, 0.25) is 0 Å². The molecule has 0 saturated carbocycles. The van der Waals surface area contributed by atoms with Crippen LogP contribution in [0.25, 0.3) is 11.5 Å². The number of nitrogens with zero attached hydrogens (tertiary/aromatic N) is 2. The zero-order chi connectivity index (χ0) is 18.5. The van der Waals surface area contributed by atoms with E-state index in [-0.39, 0.29) is 12.3 Å². The number of amides is 1. The van der Waals surface area contributed by atoms with Gasteiger partial charge in [0.15, 0.2) is 17.3 Å². The highest BCUT2D eigenvalue weighted by Crippen LogP contribution is 2.28. The van der Waals surface area contributed by atoms with E-state index in [1.807, 2.05) is 18.2 Å². The summed E-state index contributed by atoms with van der Waals surface area (Å²) in [4.78, 5) is 16.5. The van der Waals surface area contributed by atoms with Crippen molar-refractivity contribution < 1.29 is 18.8 Å². The molecule has 0 unspecified atom stereocenters. The normalized spacial score (nSPS) is 10.4. The molecule has 1 heterocycles. The van der Waals surface area contributed by atoms with Gasteiger partial charge in [0.2, 0.25) is 5.91 Å². The van der Waals surface area contributed by atoms with E-state index in [1.54, 1.807) is 45.4 Å². The number of ether oxygens (including phenoxy) is 2. The second-order valence-corrected chi connectivity index (χ2v) is 5.64. The number of benzene rings is 2. The van der Waals surface area contributed by atoms with Crippen molar-refractivity contribution in [1.82, 2.24) is 10.1 Å². The van der Waals surface area contributed by atoms with E-state index in [2.05, 4.69) is 15.5 Å². The molecule has 1 amide bonds. The Balaban J connectivity index is 1.70. The minimum Gasteiger partial charge on any atom is -0.493 e. The fourth-order valence-electron chi connectivity index (χ4n) is 2.53. The maximum absolute atomic E-state index is 12.4. The number of aromatic nitrogens is 2. The highest BCUT2D eigenvalue weighted by atomic mass is 16.5. The van der Waals surface area contributed by atoms with Gasteiger partial charge < -0.3 is 19.3 Å². The number of carbonyl (C=O) groups excluding carboxylic acids is 1. The van der Waals surface area contributed by atoms with Crippen molar-refractivity contribution >= 4 is 11.6 Å². The number of aryl methyl sites for hydroxylation is 1. The van der Waals surface area contributed by atoms with Crippen molar-refractivity contribution in [2.75, 3.05) is 19.5 Å². The number of hydrogen-bond acceptors (Lipinski definition) is 6. The molecule has 7 nitrogen and oxygen atoms in total. The standard InChI is InChI=1S/C19H19N3O4/c1-12-20-19(26-22-12)14-5-4-6-15(11-14)21-18(23)10-13-7-8-16(24-2)17(9-13)25-3/h4-9,11H,10H2,1-3H3,(H,21,23). The van der Waals surface area contributed by atoms with Gasteiger partial charge in [-0.3, -0.25) is 4.79 Å². The van der Waals surface area contributed by atoms with Crippen molar-refractivity contribution in [2.45, 2.75) is 13.3 Å². The van der Waals surface area contributed by atoms with Crippen LogP contribution in [-0.2, 0) is 11.2 Å². The van der Waals surface area contributed by atoms with Gasteiger partial charge in [-0.25, -0.2) is 0 Å². The molecule has 0 saturated heterocycles. The van der Waals surface area contributed by atoms with Crippen LogP contribution in [0.1, 0.15) is 11.4 Å². The van der Waals surface area contributed by atoms with Gasteiger partial charge in [-0.15, -0.1) is 0 Å². The molecule has 3 aromatic rings. The fraction of sp³-hybridized carbons (Fsp3) is 0.211. The third kappa shape index (κ3) is 4.00. The molecule has 0 aliphatic carbocycles. The van der Waals surface area contributed by atoms with E-state index in [0.29, 0.717) is 28.9 Å². The van der Waals surface area contributed by atoms with Crippen LogP contribution in [-0.4, -0.2) is 30.3 Å². The summed E-state index contributed by atoms with van der Waals surface area (Å²) < 4.78 is 15.6. The number of anilines is 1. The van der Waals surface area contributed by atoms with Crippen LogP contribution in [0, 0.1) is 6.92 Å². The molecule has 1 aromatic heterocycles. The molecule has 26 heavy (non-hydrogen) atoms. The van der Waals surface area contributed by atoms with E-state index < -0.39 is 0 Å². The van der Waals surface area contributed by atoms with E-state index >= 15 is 0 Å².